The minimum absolute atomic E-state index is 0.352. The number of aryl methyl sites for hydroxylation is 3. The van der Waals surface area contributed by atoms with Crippen molar-refractivity contribution in [2.24, 2.45) is 0 Å². The van der Waals surface area contributed by atoms with Crippen molar-refractivity contribution in [3.05, 3.63) is 70.2 Å². The van der Waals surface area contributed by atoms with Crippen molar-refractivity contribution < 1.29 is 4.74 Å². The fraction of sp³-hybridized carbons (Fsp3) is 0.240. The first-order valence-corrected chi connectivity index (χ1v) is 10.5. The summed E-state index contributed by atoms with van der Waals surface area (Å²) in [5.74, 6) is 1.76. The summed E-state index contributed by atoms with van der Waals surface area (Å²) in [6.07, 6.45) is 8.75. The molecular formula is C25H22N6O. The first-order chi connectivity index (χ1) is 15.6. The SMILES string of the molecule is Cc1cc(/C=C/C#N)cc(C)c1Oc1nc(Nc2ccc(C#N)nc2)nc2c1CCCC2. The Balaban J connectivity index is 1.69. The largest absolute Gasteiger partial charge is 0.438 e. The normalized spacial score (nSPS) is 12.6. The van der Waals surface area contributed by atoms with E-state index in [1.165, 1.54) is 6.08 Å². The third-order valence-corrected chi connectivity index (χ3v) is 5.31. The van der Waals surface area contributed by atoms with Crippen LogP contribution in [0, 0.1) is 36.5 Å². The molecule has 1 N–H and O–H groups in total. The fourth-order valence-corrected chi connectivity index (χ4v) is 3.83. The van der Waals surface area contributed by atoms with Crippen LogP contribution in [0.4, 0.5) is 11.6 Å². The number of rotatable bonds is 5. The van der Waals surface area contributed by atoms with Gasteiger partial charge in [-0.1, -0.05) is 0 Å². The molecule has 4 rings (SSSR count). The monoisotopic (exact) mass is 422 g/mol. The minimum atomic E-state index is 0.352. The van der Waals surface area contributed by atoms with Crippen LogP contribution in [0.1, 0.15) is 46.5 Å². The summed E-state index contributed by atoms with van der Waals surface area (Å²) in [5, 5.41) is 20.9. The van der Waals surface area contributed by atoms with E-state index in [-0.39, 0.29) is 0 Å². The number of benzene rings is 1. The van der Waals surface area contributed by atoms with Crippen LogP contribution >= 0.6 is 0 Å². The number of aromatic nitrogens is 3. The highest BCUT2D eigenvalue weighted by molar-refractivity contribution is 5.59. The zero-order chi connectivity index (χ0) is 22.5. The molecule has 2 aromatic heterocycles. The van der Waals surface area contributed by atoms with E-state index in [9.17, 15) is 0 Å². The third-order valence-electron chi connectivity index (χ3n) is 5.31. The van der Waals surface area contributed by atoms with Crippen molar-refractivity contribution in [1.82, 2.24) is 15.0 Å². The molecule has 0 spiro atoms. The van der Waals surface area contributed by atoms with E-state index in [0.717, 1.165) is 59.4 Å². The molecule has 3 aromatic rings. The molecule has 0 saturated carbocycles. The minimum Gasteiger partial charge on any atom is -0.438 e. The molecule has 158 valence electrons. The second-order valence-corrected chi connectivity index (χ2v) is 7.70. The number of ether oxygens (including phenoxy) is 1. The van der Waals surface area contributed by atoms with Gasteiger partial charge in [0.2, 0.25) is 11.8 Å². The average molecular weight is 422 g/mol. The predicted octanol–water partition coefficient (Wildman–Crippen LogP) is 5.31. The maximum absolute atomic E-state index is 8.94. The van der Waals surface area contributed by atoms with Crippen molar-refractivity contribution in [2.45, 2.75) is 39.5 Å². The number of nitriles is 2. The zero-order valence-electron chi connectivity index (χ0n) is 18.0. The van der Waals surface area contributed by atoms with Crippen molar-refractivity contribution in [2.75, 3.05) is 5.32 Å². The number of nitrogens with zero attached hydrogens (tertiary/aromatic N) is 5. The first-order valence-electron chi connectivity index (χ1n) is 10.5. The van der Waals surface area contributed by atoms with E-state index >= 15 is 0 Å². The van der Waals surface area contributed by atoms with Crippen LogP contribution in [0.15, 0.2) is 36.5 Å². The number of nitrogens with one attached hydrogen (secondary N) is 1. The molecule has 7 heteroatoms. The summed E-state index contributed by atoms with van der Waals surface area (Å²) >= 11 is 0. The molecule has 0 aliphatic heterocycles. The van der Waals surface area contributed by atoms with Gasteiger partial charge in [-0.25, -0.2) is 9.97 Å². The number of hydrogen-bond acceptors (Lipinski definition) is 7. The quantitative estimate of drug-likeness (QED) is 0.555. The Morgan fingerprint density at radius 1 is 1.06 bits per heavy atom. The maximum Gasteiger partial charge on any atom is 0.230 e. The number of pyridine rings is 1. The van der Waals surface area contributed by atoms with Gasteiger partial charge in [-0.3, -0.25) is 0 Å². The zero-order valence-corrected chi connectivity index (χ0v) is 18.0. The van der Waals surface area contributed by atoms with Crippen molar-refractivity contribution >= 4 is 17.7 Å². The van der Waals surface area contributed by atoms with Crippen LogP contribution in [0.2, 0.25) is 0 Å². The van der Waals surface area contributed by atoms with Crippen LogP contribution in [0.5, 0.6) is 11.6 Å². The highest BCUT2D eigenvalue weighted by Crippen LogP contribution is 2.35. The van der Waals surface area contributed by atoms with Crippen molar-refractivity contribution in [3.63, 3.8) is 0 Å². The summed E-state index contributed by atoms with van der Waals surface area (Å²) in [6, 6.07) is 11.4. The first kappa shape index (κ1) is 21.0. The van der Waals surface area contributed by atoms with E-state index in [4.69, 9.17) is 20.2 Å². The summed E-state index contributed by atoms with van der Waals surface area (Å²) in [7, 11) is 0. The molecule has 0 radical (unpaired) electrons. The number of fused-ring (bicyclic) bond motifs is 1. The number of anilines is 2. The highest BCUT2D eigenvalue weighted by Gasteiger charge is 2.21. The van der Waals surface area contributed by atoms with Crippen LogP contribution in [-0.2, 0) is 12.8 Å². The van der Waals surface area contributed by atoms with Gasteiger partial charge in [0.05, 0.1) is 23.6 Å². The van der Waals surface area contributed by atoms with E-state index in [1.54, 1.807) is 24.4 Å². The average Bonchev–Trinajstić information content (AvgIpc) is 2.80. The summed E-state index contributed by atoms with van der Waals surface area (Å²) < 4.78 is 6.37. The van der Waals surface area contributed by atoms with Gasteiger partial charge in [0.15, 0.2) is 0 Å². The fourth-order valence-electron chi connectivity index (χ4n) is 3.83. The lowest BCUT2D eigenvalue weighted by molar-refractivity contribution is 0.442. The Bertz CT molecular complexity index is 1240. The second-order valence-electron chi connectivity index (χ2n) is 7.70. The summed E-state index contributed by atoms with van der Waals surface area (Å²) in [6.45, 7) is 3.97. The molecule has 0 unspecified atom stereocenters. The van der Waals surface area contributed by atoms with Crippen LogP contribution in [-0.4, -0.2) is 15.0 Å². The molecule has 1 aliphatic carbocycles. The van der Waals surface area contributed by atoms with Gasteiger partial charge < -0.3 is 10.1 Å². The van der Waals surface area contributed by atoms with Gasteiger partial charge in [0.25, 0.3) is 0 Å². The van der Waals surface area contributed by atoms with Gasteiger partial charge in [0, 0.05) is 11.6 Å². The maximum atomic E-state index is 8.94. The van der Waals surface area contributed by atoms with Crippen LogP contribution < -0.4 is 10.1 Å². The number of allylic oxidation sites excluding steroid dienone is 1. The Labute approximate surface area is 187 Å². The Kier molecular flexibility index (Phi) is 6.10. The molecule has 1 aliphatic rings. The Morgan fingerprint density at radius 3 is 2.53 bits per heavy atom. The Hall–Kier alpha value is -4.23. The standard InChI is InChI=1S/C25H22N6O/c1-16-12-18(6-5-11-26)13-17(2)23(16)32-24-21-7-3-4-8-22(21)30-25(31-24)29-20-10-9-19(14-27)28-15-20/h5-6,9-10,12-13,15H,3-4,7-8H2,1-2H3,(H,29,30,31)/b6-5+. The van der Waals surface area contributed by atoms with E-state index in [0.29, 0.717) is 23.2 Å². The van der Waals surface area contributed by atoms with Crippen LogP contribution in [0.25, 0.3) is 6.08 Å². The molecule has 0 bridgehead atoms. The molecular weight excluding hydrogens is 400 g/mol. The molecule has 0 atom stereocenters. The van der Waals surface area contributed by atoms with Crippen molar-refractivity contribution in [1.29, 1.82) is 10.5 Å². The van der Waals surface area contributed by atoms with E-state index in [2.05, 4.69) is 15.3 Å². The summed E-state index contributed by atoms with van der Waals surface area (Å²) in [5.41, 5.74) is 5.99. The van der Waals surface area contributed by atoms with Gasteiger partial charge in [0.1, 0.15) is 17.5 Å². The lowest BCUT2D eigenvalue weighted by atomic mass is 9.97. The van der Waals surface area contributed by atoms with Crippen molar-refractivity contribution in [3.8, 4) is 23.8 Å². The molecule has 1 aromatic carbocycles. The molecule has 2 heterocycles. The molecule has 0 fully saturated rings. The second kappa shape index (κ2) is 9.28. The lowest BCUT2D eigenvalue weighted by Crippen LogP contribution is -2.12. The van der Waals surface area contributed by atoms with E-state index in [1.807, 2.05) is 38.1 Å². The van der Waals surface area contributed by atoms with Gasteiger partial charge in [-0.15, -0.1) is 0 Å². The summed E-state index contributed by atoms with van der Waals surface area (Å²) in [4.78, 5) is 13.5. The van der Waals surface area contributed by atoms with E-state index < -0.39 is 0 Å². The van der Waals surface area contributed by atoms with Gasteiger partial charge >= 0.3 is 0 Å². The molecule has 0 amide bonds. The highest BCUT2D eigenvalue weighted by atomic mass is 16.5. The van der Waals surface area contributed by atoms with Gasteiger partial charge in [-0.05, 0) is 86.6 Å². The smallest absolute Gasteiger partial charge is 0.230 e. The van der Waals surface area contributed by atoms with Crippen LogP contribution in [0.3, 0.4) is 0 Å². The van der Waals surface area contributed by atoms with Gasteiger partial charge in [-0.2, -0.15) is 15.5 Å². The molecule has 0 saturated heterocycles. The lowest BCUT2D eigenvalue weighted by Gasteiger charge is -2.20. The predicted molar refractivity (Wildman–Crippen MR) is 122 cm³/mol. The molecule has 7 nitrogen and oxygen atoms in total. The topological polar surface area (TPSA) is 108 Å². The molecule has 32 heavy (non-hydrogen) atoms. The number of hydrogen-bond donors (Lipinski definition) is 1. The third kappa shape index (κ3) is 4.58. The Morgan fingerprint density at radius 2 is 1.84 bits per heavy atom.